The summed E-state index contributed by atoms with van der Waals surface area (Å²) in [5.74, 6) is -0.135. The van der Waals surface area contributed by atoms with Gasteiger partial charge in [0, 0.05) is 19.3 Å². The Morgan fingerprint density at radius 1 is 1.29 bits per heavy atom. The van der Waals surface area contributed by atoms with Crippen molar-refractivity contribution in [2.45, 2.75) is 19.9 Å². The summed E-state index contributed by atoms with van der Waals surface area (Å²) in [5.41, 5.74) is 9.36. The Morgan fingerprint density at radius 2 is 2.05 bits per heavy atom. The third-order valence-electron chi connectivity index (χ3n) is 3.71. The van der Waals surface area contributed by atoms with Crippen molar-refractivity contribution in [1.29, 1.82) is 0 Å². The van der Waals surface area contributed by atoms with Crippen LogP contribution in [0.25, 0.3) is 0 Å². The van der Waals surface area contributed by atoms with Crippen LogP contribution < -0.4 is 10.6 Å². The number of aryl methyl sites for hydroxylation is 1. The average Bonchev–Trinajstić information content (AvgIpc) is 2.47. The minimum Gasteiger partial charge on any atom is -0.374 e. The third kappa shape index (κ3) is 4.02. The van der Waals surface area contributed by atoms with Crippen LogP contribution in [0.3, 0.4) is 0 Å². The number of nitrogens with two attached hydrogens (primary N) is 1. The number of rotatable bonds is 5. The van der Waals surface area contributed by atoms with Crippen LogP contribution in [-0.2, 0) is 0 Å². The normalized spacial score (nSPS) is 13.8. The van der Waals surface area contributed by atoms with Gasteiger partial charge in [-0.2, -0.15) is 0 Å². The molecule has 3 nitrogen and oxygen atoms in total. The number of pyridine rings is 1. The smallest absolute Gasteiger partial charge is 0.141 e. The number of aromatic nitrogens is 1. The fourth-order valence-electron chi connectivity index (χ4n) is 2.39. The summed E-state index contributed by atoms with van der Waals surface area (Å²) in [7, 11) is 2.05. The van der Waals surface area contributed by atoms with Crippen molar-refractivity contribution in [2.75, 3.05) is 18.5 Å². The second-order valence-electron chi connectivity index (χ2n) is 5.62. The molecule has 1 aromatic heterocycles. The standard InChI is InChI=1S/C17H22FN3/c1-12-5-4-6-15(9-12)21(3)11-13(2)17(19)16-8-7-14(18)10-20-16/h4-10,13,17H,11,19H2,1-3H3. The number of hydrogen-bond donors (Lipinski definition) is 1. The van der Waals surface area contributed by atoms with Crippen LogP contribution in [-0.4, -0.2) is 18.6 Å². The highest BCUT2D eigenvalue weighted by Crippen LogP contribution is 2.21. The van der Waals surface area contributed by atoms with E-state index in [9.17, 15) is 4.39 Å². The molecule has 0 aliphatic heterocycles. The first-order valence-electron chi connectivity index (χ1n) is 7.12. The van der Waals surface area contributed by atoms with Gasteiger partial charge in [0.15, 0.2) is 0 Å². The van der Waals surface area contributed by atoms with E-state index in [2.05, 4.69) is 49.0 Å². The highest BCUT2D eigenvalue weighted by atomic mass is 19.1. The Bertz CT molecular complexity index is 583. The van der Waals surface area contributed by atoms with E-state index in [0.29, 0.717) is 0 Å². The van der Waals surface area contributed by atoms with Gasteiger partial charge in [0.05, 0.1) is 17.9 Å². The Labute approximate surface area is 125 Å². The average molecular weight is 287 g/mol. The Hall–Kier alpha value is -1.94. The van der Waals surface area contributed by atoms with E-state index in [1.54, 1.807) is 6.07 Å². The van der Waals surface area contributed by atoms with Crippen LogP contribution >= 0.6 is 0 Å². The molecule has 4 heteroatoms. The van der Waals surface area contributed by atoms with Gasteiger partial charge in [0.2, 0.25) is 0 Å². The molecule has 2 N–H and O–H groups in total. The minimum absolute atomic E-state index is 0.202. The van der Waals surface area contributed by atoms with Crippen LogP contribution in [0.4, 0.5) is 10.1 Å². The maximum Gasteiger partial charge on any atom is 0.141 e. The molecule has 2 unspecified atom stereocenters. The molecule has 0 fully saturated rings. The van der Waals surface area contributed by atoms with E-state index in [1.807, 2.05) is 6.07 Å². The van der Waals surface area contributed by atoms with Crippen molar-refractivity contribution < 1.29 is 4.39 Å². The second kappa shape index (κ2) is 6.68. The summed E-state index contributed by atoms with van der Waals surface area (Å²) in [6.07, 6.45) is 1.21. The predicted molar refractivity (Wildman–Crippen MR) is 84.7 cm³/mol. The van der Waals surface area contributed by atoms with E-state index < -0.39 is 0 Å². The first-order valence-corrected chi connectivity index (χ1v) is 7.12. The van der Waals surface area contributed by atoms with Gasteiger partial charge >= 0.3 is 0 Å². The summed E-state index contributed by atoms with van der Waals surface area (Å²) >= 11 is 0. The molecule has 2 aromatic rings. The second-order valence-corrected chi connectivity index (χ2v) is 5.62. The van der Waals surface area contributed by atoms with Crippen molar-refractivity contribution in [2.24, 2.45) is 11.7 Å². The monoisotopic (exact) mass is 287 g/mol. The van der Waals surface area contributed by atoms with E-state index in [1.165, 1.54) is 23.5 Å². The van der Waals surface area contributed by atoms with E-state index in [-0.39, 0.29) is 17.8 Å². The van der Waals surface area contributed by atoms with Crippen LogP contribution in [0, 0.1) is 18.7 Å². The van der Waals surface area contributed by atoms with Gasteiger partial charge in [0.1, 0.15) is 5.82 Å². The molecule has 2 rings (SSSR count). The molecule has 0 bridgehead atoms. The first-order chi connectivity index (χ1) is 9.97. The zero-order valence-corrected chi connectivity index (χ0v) is 12.8. The largest absolute Gasteiger partial charge is 0.374 e. The molecule has 1 heterocycles. The molecule has 21 heavy (non-hydrogen) atoms. The minimum atomic E-state index is -0.338. The summed E-state index contributed by atoms with van der Waals surface area (Å²) in [6, 6.07) is 11.2. The number of hydrogen-bond acceptors (Lipinski definition) is 3. The zero-order valence-electron chi connectivity index (χ0n) is 12.8. The summed E-state index contributed by atoms with van der Waals surface area (Å²) < 4.78 is 12.9. The van der Waals surface area contributed by atoms with E-state index in [4.69, 9.17) is 5.73 Å². The maximum absolute atomic E-state index is 12.9. The van der Waals surface area contributed by atoms with Gasteiger partial charge in [-0.15, -0.1) is 0 Å². The molecule has 112 valence electrons. The first kappa shape index (κ1) is 15.4. The summed E-state index contributed by atoms with van der Waals surface area (Å²) in [5, 5.41) is 0. The number of halogens is 1. The molecule has 0 aliphatic rings. The predicted octanol–water partition coefficient (Wildman–Crippen LogP) is 3.30. The van der Waals surface area contributed by atoms with Crippen molar-refractivity contribution >= 4 is 5.69 Å². The number of anilines is 1. The zero-order chi connectivity index (χ0) is 15.4. The quantitative estimate of drug-likeness (QED) is 0.917. The molecule has 0 radical (unpaired) electrons. The molecule has 2 atom stereocenters. The fourth-order valence-corrected chi connectivity index (χ4v) is 2.39. The van der Waals surface area contributed by atoms with Gasteiger partial charge < -0.3 is 10.6 Å². The highest BCUT2D eigenvalue weighted by Gasteiger charge is 2.18. The van der Waals surface area contributed by atoms with Gasteiger partial charge in [-0.05, 0) is 42.7 Å². The molecular weight excluding hydrogens is 265 g/mol. The molecule has 0 spiro atoms. The topological polar surface area (TPSA) is 42.1 Å². The Balaban J connectivity index is 2.03. The molecule has 0 saturated heterocycles. The lowest BCUT2D eigenvalue weighted by atomic mass is 9.98. The Kier molecular flexibility index (Phi) is 4.91. The van der Waals surface area contributed by atoms with Crippen LogP contribution in [0.5, 0.6) is 0 Å². The summed E-state index contributed by atoms with van der Waals surface area (Å²) in [4.78, 5) is 6.26. The molecule has 1 aromatic carbocycles. The maximum atomic E-state index is 12.9. The highest BCUT2D eigenvalue weighted by molar-refractivity contribution is 5.47. The lowest BCUT2D eigenvalue weighted by molar-refractivity contribution is 0.462. The van der Waals surface area contributed by atoms with Crippen molar-refractivity contribution in [3.05, 3.63) is 59.7 Å². The van der Waals surface area contributed by atoms with Gasteiger partial charge in [-0.1, -0.05) is 19.1 Å². The van der Waals surface area contributed by atoms with Gasteiger partial charge in [-0.25, -0.2) is 4.39 Å². The van der Waals surface area contributed by atoms with E-state index >= 15 is 0 Å². The van der Waals surface area contributed by atoms with Crippen LogP contribution in [0.15, 0.2) is 42.6 Å². The molecule has 0 amide bonds. The lowest BCUT2D eigenvalue weighted by Crippen LogP contribution is -2.31. The Morgan fingerprint density at radius 3 is 2.67 bits per heavy atom. The molecule has 0 aliphatic carbocycles. The van der Waals surface area contributed by atoms with Crippen molar-refractivity contribution in [3.63, 3.8) is 0 Å². The van der Waals surface area contributed by atoms with Crippen LogP contribution in [0.1, 0.15) is 24.2 Å². The summed E-state index contributed by atoms with van der Waals surface area (Å²) in [6.45, 7) is 4.97. The van der Waals surface area contributed by atoms with E-state index in [0.717, 1.165) is 12.2 Å². The van der Waals surface area contributed by atoms with Crippen LogP contribution in [0.2, 0.25) is 0 Å². The fraction of sp³-hybridized carbons (Fsp3) is 0.353. The third-order valence-corrected chi connectivity index (χ3v) is 3.71. The van der Waals surface area contributed by atoms with Crippen molar-refractivity contribution in [1.82, 2.24) is 4.98 Å². The SMILES string of the molecule is Cc1cccc(N(C)CC(C)C(N)c2ccc(F)cn2)c1. The molecular formula is C17H22FN3. The van der Waals surface area contributed by atoms with Gasteiger partial charge in [-0.3, -0.25) is 4.98 Å². The van der Waals surface area contributed by atoms with Crippen molar-refractivity contribution in [3.8, 4) is 0 Å². The lowest BCUT2D eigenvalue weighted by Gasteiger charge is -2.27. The van der Waals surface area contributed by atoms with Gasteiger partial charge in [0.25, 0.3) is 0 Å². The number of benzene rings is 1. The number of nitrogens with zero attached hydrogens (tertiary/aromatic N) is 2. The molecule has 0 saturated carbocycles.